The number of rotatable bonds is 5. The minimum atomic E-state index is -5.94. The zero-order valence-corrected chi connectivity index (χ0v) is 12.2. The number of carbonyl (C=O) groups is 1. The monoisotopic (exact) mass is 362 g/mol. The van der Waals surface area contributed by atoms with Gasteiger partial charge in [0, 0.05) is 0 Å². The summed E-state index contributed by atoms with van der Waals surface area (Å²) >= 11 is 0. The SMILES string of the molecule is CCOP1(O)(OC(C(F)(F)F)C(F)(F)F)OCC1C(=O)OC. The van der Waals surface area contributed by atoms with E-state index in [-0.39, 0.29) is 0 Å². The molecule has 0 saturated carbocycles. The molecule has 1 saturated heterocycles. The molecule has 1 fully saturated rings. The molecule has 0 aliphatic carbocycles. The van der Waals surface area contributed by atoms with Gasteiger partial charge in [-0.05, 0) is 0 Å². The number of carbonyl (C=O) groups excluding carboxylic acids is 1. The van der Waals surface area contributed by atoms with Crippen molar-refractivity contribution in [2.75, 3.05) is 20.3 Å². The molecule has 0 bridgehead atoms. The first-order chi connectivity index (χ1) is 9.78. The summed E-state index contributed by atoms with van der Waals surface area (Å²) in [6.07, 6.45) is -16.2. The molecule has 0 aromatic carbocycles. The molecule has 1 N–H and O–H groups in total. The maximum absolute atomic E-state index is 12.6. The quantitative estimate of drug-likeness (QED) is 0.460. The number of halogens is 6. The normalized spacial score (nSPS) is 25.9. The van der Waals surface area contributed by atoms with Crippen LogP contribution in [-0.2, 0) is 23.1 Å². The molecule has 0 spiro atoms. The van der Waals surface area contributed by atoms with Crippen LogP contribution in [0.4, 0.5) is 26.3 Å². The molecule has 0 amide bonds. The molecule has 13 heteroatoms. The summed E-state index contributed by atoms with van der Waals surface area (Å²) in [7, 11) is -5.11. The standard InChI is InChI=1S/C9H13F6O6P/c1-3-19-22(17,5(4-20-22)6(16)18-2)21-7(8(10,11)12)9(13,14)15/h5,7,17H,3-4H2,1-2H3. The molecule has 1 rings (SSSR count). The van der Waals surface area contributed by atoms with E-state index in [4.69, 9.17) is 0 Å². The molecular weight excluding hydrogens is 349 g/mol. The van der Waals surface area contributed by atoms with Gasteiger partial charge >= 0.3 is 119 Å². The zero-order chi connectivity index (χ0) is 17.4. The Hall–Kier alpha value is -0.680. The van der Waals surface area contributed by atoms with Crippen LogP contribution in [0.15, 0.2) is 0 Å². The average Bonchev–Trinajstić information content (AvgIpc) is 2.32. The molecular formula is C9H13F6O6P. The molecule has 6 nitrogen and oxygen atoms in total. The number of hydrogen-bond acceptors (Lipinski definition) is 6. The number of methoxy groups -OCH3 is 1. The average molecular weight is 362 g/mol. The van der Waals surface area contributed by atoms with Crippen LogP contribution in [-0.4, -0.2) is 55.3 Å². The number of hydrogen-bond donors (Lipinski definition) is 1. The van der Waals surface area contributed by atoms with Crippen molar-refractivity contribution in [3.05, 3.63) is 0 Å². The van der Waals surface area contributed by atoms with Crippen molar-refractivity contribution in [1.29, 1.82) is 0 Å². The van der Waals surface area contributed by atoms with Crippen molar-refractivity contribution in [3.8, 4) is 0 Å². The Labute approximate surface area is 120 Å². The van der Waals surface area contributed by atoms with E-state index in [9.17, 15) is 36.0 Å². The first kappa shape index (κ1) is 19.4. The molecule has 1 aliphatic rings. The zero-order valence-electron chi connectivity index (χ0n) is 11.3. The second-order valence-corrected chi connectivity index (χ2v) is 7.37. The molecule has 0 aromatic rings. The second kappa shape index (κ2) is 5.75. The van der Waals surface area contributed by atoms with Crippen LogP contribution < -0.4 is 0 Å². The summed E-state index contributed by atoms with van der Waals surface area (Å²) in [6.45, 7) is -0.0755. The fourth-order valence-electron chi connectivity index (χ4n) is 1.72. The summed E-state index contributed by atoms with van der Waals surface area (Å²) in [5.41, 5.74) is -1.91. The van der Waals surface area contributed by atoms with Gasteiger partial charge in [-0.2, -0.15) is 0 Å². The summed E-state index contributed by atoms with van der Waals surface area (Å²) in [5.74, 6) is -1.30. The van der Waals surface area contributed by atoms with Crippen molar-refractivity contribution in [3.63, 3.8) is 0 Å². The van der Waals surface area contributed by atoms with E-state index in [1.807, 2.05) is 0 Å². The predicted octanol–water partition coefficient (Wildman–Crippen LogP) is 2.31. The van der Waals surface area contributed by atoms with Gasteiger partial charge in [-0.15, -0.1) is 0 Å². The summed E-state index contributed by atoms with van der Waals surface area (Å²) in [5, 5.41) is 0. The molecule has 132 valence electrons. The van der Waals surface area contributed by atoms with Crippen molar-refractivity contribution >= 4 is 13.5 Å². The minimum absolute atomic E-state index is 0.551. The van der Waals surface area contributed by atoms with E-state index in [1.54, 1.807) is 0 Å². The van der Waals surface area contributed by atoms with E-state index >= 15 is 0 Å². The summed E-state index contributed by atoms with van der Waals surface area (Å²) < 4.78 is 92.4. The third-order valence-corrected chi connectivity index (χ3v) is 6.08. The molecule has 22 heavy (non-hydrogen) atoms. The van der Waals surface area contributed by atoms with E-state index in [2.05, 4.69) is 18.3 Å². The van der Waals surface area contributed by atoms with E-state index in [0.717, 1.165) is 7.11 Å². The van der Waals surface area contributed by atoms with Gasteiger partial charge < -0.3 is 0 Å². The van der Waals surface area contributed by atoms with Crippen LogP contribution in [0, 0.1) is 0 Å². The van der Waals surface area contributed by atoms with Gasteiger partial charge in [-0.3, -0.25) is 0 Å². The summed E-state index contributed by atoms with van der Waals surface area (Å²) in [4.78, 5) is 21.6. The Morgan fingerprint density at radius 2 is 1.82 bits per heavy atom. The Morgan fingerprint density at radius 3 is 2.09 bits per heavy atom. The Kier molecular flexibility index (Phi) is 5.06. The third-order valence-electron chi connectivity index (χ3n) is 2.73. The molecule has 1 atom stereocenters. The van der Waals surface area contributed by atoms with Crippen LogP contribution in [0.5, 0.6) is 0 Å². The topological polar surface area (TPSA) is 74.2 Å². The first-order valence-electron chi connectivity index (χ1n) is 5.75. The predicted molar refractivity (Wildman–Crippen MR) is 59.5 cm³/mol. The summed E-state index contributed by atoms with van der Waals surface area (Å²) in [6, 6.07) is 0. The Morgan fingerprint density at radius 1 is 1.32 bits per heavy atom. The van der Waals surface area contributed by atoms with E-state index in [1.165, 1.54) is 6.92 Å². The number of ether oxygens (including phenoxy) is 1. The van der Waals surface area contributed by atoms with Gasteiger partial charge in [0.15, 0.2) is 0 Å². The van der Waals surface area contributed by atoms with Crippen molar-refractivity contribution in [2.45, 2.75) is 31.0 Å². The van der Waals surface area contributed by atoms with Crippen molar-refractivity contribution < 1.29 is 54.3 Å². The fraction of sp³-hybridized carbons (Fsp3) is 0.889. The fourth-order valence-corrected chi connectivity index (χ4v) is 4.47. The Balaban J connectivity index is 3.23. The van der Waals surface area contributed by atoms with Crippen LogP contribution in [0.3, 0.4) is 0 Å². The van der Waals surface area contributed by atoms with Gasteiger partial charge in [0.25, 0.3) is 0 Å². The first-order valence-corrected chi connectivity index (χ1v) is 7.76. The molecule has 0 aromatic heterocycles. The van der Waals surface area contributed by atoms with Crippen molar-refractivity contribution in [1.82, 2.24) is 0 Å². The van der Waals surface area contributed by atoms with Crippen molar-refractivity contribution in [2.24, 2.45) is 0 Å². The molecule has 1 aliphatic heterocycles. The second-order valence-electron chi connectivity index (χ2n) is 4.22. The van der Waals surface area contributed by atoms with Gasteiger partial charge in [0.05, 0.1) is 0 Å². The van der Waals surface area contributed by atoms with Crippen LogP contribution in [0.25, 0.3) is 0 Å². The van der Waals surface area contributed by atoms with Crippen LogP contribution in [0.2, 0.25) is 0 Å². The van der Waals surface area contributed by atoms with Crippen LogP contribution >= 0.6 is 7.51 Å². The van der Waals surface area contributed by atoms with E-state index < -0.39 is 50.8 Å². The van der Waals surface area contributed by atoms with E-state index in [0.29, 0.717) is 0 Å². The number of alkyl halides is 6. The van der Waals surface area contributed by atoms with Crippen LogP contribution in [0.1, 0.15) is 6.92 Å². The Bertz CT molecular complexity index is 427. The maximum atomic E-state index is 12.6. The number of esters is 1. The van der Waals surface area contributed by atoms with Gasteiger partial charge in [-0.1, -0.05) is 0 Å². The van der Waals surface area contributed by atoms with Gasteiger partial charge in [-0.25, -0.2) is 0 Å². The van der Waals surface area contributed by atoms with Gasteiger partial charge in [0.2, 0.25) is 0 Å². The van der Waals surface area contributed by atoms with Gasteiger partial charge in [0.1, 0.15) is 0 Å². The molecule has 1 heterocycles. The molecule has 0 radical (unpaired) electrons. The third kappa shape index (κ3) is 3.46. The molecule has 1 unspecified atom stereocenters.